The third kappa shape index (κ3) is 4.31. The van der Waals surface area contributed by atoms with Crippen molar-refractivity contribution in [3.05, 3.63) is 72.7 Å². The van der Waals surface area contributed by atoms with E-state index in [1.165, 1.54) is 12.6 Å². The van der Waals surface area contributed by atoms with Crippen LogP contribution in [0.4, 0.5) is 5.82 Å². The van der Waals surface area contributed by atoms with Gasteiger partial charge in [0.05, 0.1) is 17.6 Å². The second-order valence-electron chi connectivity index (χ2n) is 10.9. The summed E-state index contributed by atoms with van der Waals surface area (Å²) >= 11 is 0. The van der Waals surface area contributed by atoms with Crippen LogP contribution < -0.4 is 5.32 Å². The van der Waals surface area contributed by atoms with Gasteiger partial charge in [0.15, 0.2) is 15.5 Å². The molecule has 0 saturated carbocycles. The highest BCUT2D eigenvalue weighted by Crippen LogP contribution is 2.46. The second-order valence-corrected chi connectivity index (χ2v) is 12.8. The summed E-state index contributed by atoms with van der Waals surface area (Å²) in [6.45, 7) is 0. The summed E-state index contributed by atoms with van der Waals surface area (Å²) in [4.78, 5) is 27.7. The first-order valence-electron chi connectivity index (χ1n) is 13.8. The second kappa shape index (κ2) is 10.0. The highest BCUT2D eigenvalue weighted by Gasteiger charge is 2.46. The van der Waals surface area contributed by atoms with E-state index in [0.29, 0.717) is 30.0 Å². The normalized spacial score (nSPS) is 20.2. The molecule has 0 radical (unpaired) electrons. The third-order valence-electron chi connectivity index (χ3n) is 8.35. The summed E-state index contributed by atoms with van der Waals surface area (Å²) in [5, 5.41) is 15.3. The van der Waals surface area contributed by atoms with Crippen molar-refractivity contribution in [1.29, 1.82) is 0 Å². The Bertz CT molecular complexity index is 1870. The van der Waals surface area contributed by atoms with Crippen LogP contribution in [0.5, 0.6) is 0 Å². The zero-order valence-electron chi connectivity index (χ0n) is 23.1. The van der Waals surface area contributed by atoms with Crippen molar-refractivity contribution in [3.63, 3.8) is 0 Å². The molecular formula is C29H29N9O3S. The zero-order chi connectivity index (χ0) is 29.0. The summed E-state index contributed by atoms with van der Waals surface area (Å²) in [5.41, 5.74) is 4.49. The zero-order valence-corrected chi connectivity index (χ0v) is 23.9. The first-order valence-corrected chi connectivity index (χ1v) is 15.7. The number of amides is 1. The van der Waals surface area contributed by atoms with Crippen molar-refractivity contribution in [3.8, 4) is 22.4 Å². The first kappa shape index (κ1) is 26.3. The van der Waals surface area contributed by atoms with Gasteiger partial charge in [-0.05, 0) is 31.7 Å². The summed E-state index contributed by atoms with van der Waals surface area (Å²) in [7, 11) is -2.00. The van der Waals surface area contributed by atoms with Gasteiger partial charge in [-0.2, -0.15) is 9.61 Å². The molecule has 2 aliphatic rings. The number of benzene rings is 1. The molecule has 2 bridgehead atoms. The monoisotopic (exact) mass is 583 g/mol. The molecule has 0 spiro atoms. The Morgan fingerprint density at radius 3 is 2.40 bits per heavy atom. The lowest BCUT2D eigenvalue weighted by atomic mass is 9.87. The van der Waals surface area contributed by atoms with E-state index >= 15 is 0 Å². The standard InChI is InChI=1S/C29H29N9O3S/c1-30-28-25(42(2,40)41)24(19-12-20-9-10-21(13-19)37(20)29(39)26-32-16-33-36-26)35-27-22(15-34-38(27)28)18-8-11-23(31-14-18)17-6-4-3-5-7-17/h3-8,11,14-16,19-21,30H,9-10,12-13H2,1-2H3,(H,32,33,36)/t19-,20-,21+. The van der Waals surface area contributed by atoms with Gasteiger partial charge in [-0.1, -0.05) is 36.4 Å². The Kier molecular flexibility index (Phi) is 6.26. The number of hydrogen-bond donors (Lipinski definition) is 2. The molecule has 3 atom stereocenters. The summed E-state index contributed by atoms with van der Waals surface area (Å²) in [6, 6.07) is 13.8. The van der Waals surface area contributed by atoms with E-state index in [-0.39, 0.29) is 34.6 Å². The molecule has 6 heterocycles. The minimum Gasteiger partial charge on any atom is -0.372 e. The fourth-order valence-corrected chi connectivity index (χ4v) is 7.69. The van der Waals surface area contributed by atoms with Crippen LogP contribution in [0.15, 0.2) is 66.1 Å². The van der Waals surface area contributed by atoms with Gasteiger partial charge in [0.2, 0.25) is 5.82 Å². The van der Waals surface area contributed by atoms with E-state index in [9.17, 15) is 13.2 Å². The lowest BCUT2D eigenvalue weighted by Crippen LogP contribution is -2.46. The number of hydrogen-bond acceptors (Lipinski definition) is 9. The number of aromatic nitrogens is 7. The molecule has 1 aromatic carbocycles. The number of nitrogens with one attached hydrogen (secondary N) is 2. The van der Waals surface area contributed by atoms with Crippen LogP contribution in [0.1, 0.15) is 47.9 Å². The molecule has 13 heteroatoms. The van der Waals surface area contributed by atoms with Gasteiger partial charge < -0.3 is 15.2 Å². The number of pyridine rings is 1. The van der Waals surface area contributed by atoms with Gasteiger partial charge in [0, 0.05) is 54.2 Å². The van der Waals surface area contributed by atoms with E-state index in [0.717, 1.165) is 35.2 Å². The van der Waals surface area contributed by atoms with Crippen LogP contribution in [0.25, 0.3) is 28.0 Å². The quantitative estimate of drug-likeness (QED) is 0.306. The Morgan fingerprint density at radius 1 is 1.02 bits per heavy atom. The number of nitrogens with zero attached hydrogens (tertiary/aromatic N) is 7. The van der Waals surface area contributed by atoms with Crippen molar-refractivity contribution >= 4 is 27.2 Å². The molecule has 2 N–H and O–H groups in total. The molecule has 4 aromatic heterocycles. The van der Waals surface area contributed by atoms with Gasteiger partial charge in [-0.3, -0.25) is 9.78 Å². The maximum Gasteiger partial charge on any atom is 0.292 e. The lowest BCUT2D eigenvalue weighted by molar-refractivity contribution is 0.0556. The molecule has 2 fully saturated rings. The summed E-state index contributed by atoms with van der Waals surface area (Å²) in [5.74, 6) is 0.246. The van der Waals surface area contributed by atoms with Crippen LogP contribution in [-0.4, -0.2) is 79.4 Å². The van der Waals surface area contributed by atoms with E-state index in [4.69, 9.17) is 4.98 Å². The fourth-order valence-electron chi connectivity index (χ4n) is 6.56. The van der Waals surface area contributed by atoms with Crippen molar-refractivity contribution in [2.75, 3.05) is 18.6 Å². The van der Waals surface area contributed by atoms with E-state index in [2.05, 4.69) is 30.6 Å². The number of aromatic amines is 1. The average Bonchev–Trinajstić information content (AvgIpc) is 3.74. The number of H-pyrrole nitrogens is 1. The van der Waals surface area contributed by atoms with Crippen LogP contribution >= 0.6 is 0 Å². The topological polar surface area (TPSA) is 151 Å². The summed E-state index contributed by atoms with van der Waals surface area (Å²) < 4.78 is 28.1. The number of sulfone groups is 1. The number of carbonyl (C=O) groups excluding carboxylic acids is 1. The van der Waals surface area contributed by atoms with Gasteiger partial charge in [0.1, 0.15) is 17.0 Å². The molecular weight excluding hydrogens is 554 g/mol. The SMILES string of the molecule is CNc1c(S(C)(=O)=O)c([C@@H]2C[C@H]3CC[C@@H](C2)N3C(=O)c2nnc[nH]2)nc2c(-c3ccc(-c4ccccc4)nc3)cnn12. The molecule has 7 rings (SSSR count). The molecule has 0 aliphatic carbocycles. The molecule has 2 saturated heterocycles. The minimum absolute atomic E-state index is 0.0473. The molecule has 42 heavy (non-hydrogen) atoms. The number of fused-ring (bicyclic) bond motifs is 3. The number of piperidine rings is 1. The van der Waals surface area contributed by atoms with Crippen LogP contribution in [0.3, 0.4) is 0 Å². The Hall–Kier alpha value is -4.65. The third-order valence-corrected chi connectivity index (χ3v) is 9.50. The number of anilines is 1. The maximum absolute atomic E-state index is 13.3. The smallest absolute Gasteiger partial charge is 0.292 e. The van der Waals surface area contributed by atoms with Crippen LogP contribution in [-0.2, 0) is 9.84 Å². The van der Waals surface area contributed by atoms with Crippen LogP contribution in [0.2, 0.25) is 0 Å². The Morgan fingerprint density at radius 2 is 1.79 bits per heavy atom. The molecule has 5 aromatic rings. The number of rotatable bonds is 6. The van der Waals surface area contributed by atoms with E-state index in [1.807, 2.05) is 47.4 Å². The van der Waals surface area contributed by atoms with Gasteiger partial charge >= 0.3 is 0 Å². The van der Waals surface area contributed by atoms with Gasteiger partial charge in [-0.15, -0.1) is 10.2 Å². The highest BCUT2D eigenvalue weighted by molar-refractivity contribution is 7.91. The first-order chi connectivity index (χ1) is 20.3. The fraction of sp³-hybridized carbons (Fsp3) is 0.310. The number of carbonyl (C=O) groups is 1. The summed E-state index contributed by atoms with van der Waals surface area (Å²) in [6.07, 6.45) is 8.96. The van der Waals surface area contributed by atoms with Crippen molar-refractivity contribution in [2.45, 2.75) is 48.6 Å². The predicted octanol–water partition coefficient (Wildman–Crippen LogP) is 3.57. The molecule has 214 valence electrons. The lowest BCUT2D eigenvalue weighted by Gasteiger charge is -2.38. The van der Waals surface area contributed by atoms with Crippen LogP contribution in [0, 0.1) is 0 Å². The largest absolute Gasteiger partial charge is 0.372 e. The molecule has 12 nitrogen and oxygen atoms in total. The van der Waals surface area contributed by atoms with E-state index < -0.39 is 9.84 Å². The van der Waals surface area contributed by atoms with E-state index in [1.54, 1.807) is 24.0 Å². The molecule has 2 aliphatic heterocycles. The highest BCUT2D eigenvalue weighted by atomic mass is 32.2. The Balaban J connectivity index is 1.31. The molecule has 1 amide bonds. The van der Waals surface area contributed by atoms with Crippen molar-refractivity contribution in [1.82, 2.24) is 39.7 Å². The van der Waals surface area contributed by atoms with Gasteiger partial charge in [0.25, 0.3) is 5.91 Å². The van der Waals surface area contributed by atoms with Crippen molar-refractivity contribution in [2.24, 2.45) is 0 Å². The maximum atomic E-state index is 13.3. The minimum atomic E-state index is -3.69. The molecule has 0 unspecified atom stereocenters. The Labute approximate surface area is 242 Å². The predicted molar refractivity (Wildman–Crippen MR) is 156 cm³/mol. The van der Waals surface area contributed by atoms with Crippen molar-refractivity contribution < 1.29 is 13.2 Å². The average molecular weight is 584 g/mol. The van der Waals surface area contributed by atoms with Gasteiger partial charge in [-0.25, -0.2) is 13.4 Å².